The fraction of sp³-hybridized carbons (Fsp3) is 0.348. The van der Waals surface area contributed by atoms with Gasteiger partial charge in [0.15, 0.2) is 5.58 Å². The van der Waals surface area contributed by atoms with Crippen molar-refractivity contribution in [2.45, 2.75) is 37.6 Å². The van der Waals surface area contributed by atoms with E-state index in [1.165, 1.54) is 27.1 Å². The van der Waals surface area contributed by atoms with Crippen LogP contribution >= 0.6 is 0 Å². The monoisotopic (exact) mass is 487 g/mol. The molecule has 11 heteroatoms. The number of ether oxygens (including phenoxy) is 1. The van der Waals surface area contributed by atoms with Crippen molar-refractivity contribution in [3.8, 4) is 0 Å². The number of hydrogen-bond donors (Lipinski definition) is 1. The number of carbonyl (C=O) groups is 2. The van der Waals surface area contributed by atoms with E-state index in [9.17, 15) is 22.8 Å². The molecule has 3 aromatic rings. The van der Waals surface area contributed by atoms with Gasteiger partial charge in [-0.25, -0.2) is 18.0 Å². The molecule has 1 N–H and O–H groups in total. The number of aryl methyl sites for hydroxylation is 1. The van der Waals surface area contributed by atoms with Crippen LogP contribution in [0.3, 0.4) is 0 Å². The zero-order valence-electron chi connectivity index (χ0n) is 18.7. The average Bonchev–Trinajstić information content (AvgIpc) is 3.46. The first kappa shape index (κ1) is 23.7. The maximum Gasteiger partial charge on any atom is 0.419 e. The van der Waals surface area contributed by atoms with E-state index in [0.717, 1.165) is 12.8 Å². The second-order valence-electron chi connectivity index (χ2n) is 7.86. The molecule has 0 spiro atoms. The van der Waals surface area contributed by atoms with Crippen molar-refractivity contribution in [2.75, 3.05) is 25.0 Å². The first-order valence-electron chi connectivity index (χ1n) is 11.0. The molecule has 1 aliphatic rings. The van der Waals surface area contributed by atoms with Gasteiger partial charge in [0, 0.05) is 37.8 Å². The summed E-state index contributed by atoms with van der Waals surface area (Å²) in [6.45, 7) is 3.00. The van der Waals surface area contributed by atoms with Gasteiger partial charge in [-0.1, -0.05) is 0 Å². The second kappa shape index (κ2) is 9.82. The van der Waals surface area contributed by atoms with E-state index in [1.807, 2.05) is 0 Å². The van der Waals surface area contributed by atoms with E-state index in [-0.39, 0.29) is 36.0 Å². The molecule has 4 rings (SSSR count). The van der Waals surface area contributed by atoms with E-state index in [1.54, 1.807) is 31.2 Å². The molecule has 2 heterocycles. The number of rotatable bonds is 8. The van der Waals surface area contributed by atoms with Crippen molar-refractivity contribution in [3.05, 3.63) is 58.6 Å². The number of amides is 1. The normalized spacial score (nSPS) is 14.4. The molecular formula is C23H25N3O7S. The highest BCUT2D eigenvalue weighted by atomic mass is 32.2. The molecular weight excluding hydrogens is 462 g/mol. The van der Waals surface area contributed by atoms with Crippen LogP contribution in [0, 0.1) is 0 Å². The average molecular weight is 488 g/mol. The smallest absolute Gasteiger partial charge is 0.419 e. The van der Waals surface area contributed by atoms with E-state index in [0.29, 0.717) is 29.9 Å². The largest absolute Gasteiger partial charge is 0.462 e. The third-order valence-corrected chi connectivity index (χ3v) is 7.48. The molecule has 2 aromatic carbocycles. The van der Waals surface area contributed by atoms with Gasteiger partial charge in [0.25, 0.3) is 0 Å². The van der Waals surface area contributed by atoms with Crippen molar-refractivity contribution >= 4 is 38.7 Å². The fourth-order valence-corrected chi connectivity index (χ4v) is 5.37. The predicted octanol–water partition coefficient (Wildman–Crippen LogP) is 2.58. The van der Waals surface area contributed by atoms with Crippen LogP contribution in [0.15, 0.2) is 56.6 Å². The lowest BCUT2D eigenvalue weighted by Crippen LogP contribution is -2.27. The number of oxazole rings is 1. The molecule has 0 aliphatic carbocycles. The predicted molar refractivity (Wildman–Crippen MR) is 124 cm³/mol. The van der Waals surface area contributed by atoms with E-state index in [2.05, 4.69) is 5.32 Å². The number of hydrogen-bond acceptors (Lipinski definition) is 7. The summed E-state index contributed by atoms with van der Waals surface area (Å²) in [5.41, 5.74) is 1.44. The molecule has 34 heavy (non-hydrogen) atoms. The lowest BCUT2D eigenvalue weighted by atomic mass is 10.2. The minimum atomic E-state index is -3.64. The first-order valence-corrected chi connectivity index (χ1v) is 12.4. The molecule has 0 saturated carbocycles. The lowest BCUT2D eigenvalue weighted by Gasteiger charge is -2.15. The molecule has 1 saturated heterocycles. The Hall–Kier alpha value is -3.44. The third kappa shape index (κ3) is 4.90. The number of carbonyl (C=O) groups excluding carboxylic acids is 2. The first-order chi connectivity index (χ1) is 16.3. The Morgan fingerprint density at radius 3 is 2.47 bits per heavy atom. The molecule has 180 valence electrons. The highest BCUT2D eigenvalue weighted by molar-refractivity contribution is 7.89. The number of sulfonamides is 1. The van der Waals surface area contributed by atoms with Gasteiger partial charge in [-0.3, -0.25) is 9.36 Å². The van der Waals surface area contributed by atoms with Crippen molar-refractivity contribution in [1.82, 2.24) is 8.87 Å². The minimum Gasteiger partial charge on any atom is -0.462 e. The molecule has 1 amide bonds. The molecule has 1 aromatic heterocycles. The Kier molecular flexibility index (Phi) is 6.85. The van der Waals surface area contributed by atoms with Crippen LogP contribution in [0.4, 0.5) is 5.69 Å². The van der Waals surface area contributed by atoms with Crippen molar-refractivity contribution in [2.24, 2.45) is 0 Å². The Labute approximate surface area is 196 Å². The number of nitrogens with one attached hydrogen (secondary N) is 1. The Bertz CT molecular complexity index is 1370. The van der Waals surface area contributed by atoms with Gasteiger partial charge >= 0.3 is 11.7 Å². The van der Waals surface area contributed by atoms with Crippen molar-refractivity contribution in [3.63, 3.8) is 0 Å². The number of esters is 1. The summed E-state index contributed by atoms with van der Waals surface area (Å²) in [5.74, 6) is -1.45. The van der Waals surface area contributed by atoms with Crippen molar-refractivity contribution < 1.29 is 27.2 Å². The van der Waals surface area contributed by atoms with Gasteiger partial charge < -0.3 is 14.5 Å². The maximum absolute atomic E-state index is 12.8. The molecule has 0 atom stereocenters. The van der Waals surface area contributed by atoms with Crippen molar-refractivity contribution in [1.29, 1.82) is 0 Å². The maximum atomic E-state index is 12.8. The SMILES string of the molecule is CCOC(=O)c1ccc(NC(=O)CCn2c(=O)oc3cc(S(=O)(=O)N4CCCC4)ccc32)cc1. The van der Waals surface area contributed by atoms with E-state index in [4.69, 9.17) is 9.15 Å². The Morgan fingerprint density at radius 1 is 1.09 bits per heavy atom. The summed E-state index contributed by atoms with van der Waals surface area (Å²) < 4.78 is 38.4. The number of benzene rings is 2. The summed E-state index contributed by atoms with van der Waals surface area (Å²) in [7, 11) is -3.64. The summed E-state index contributed by atoms with van der Waals surface area (Å²) in [5, 5.41) is 2.71. The van der Waals surface area contributed by atoms with Crippen LogP contribution in [-0.2, 0) is 26.1 Å². The number of aromatic nitrogens is 1. The quantitative estimate of drug-likeness (QED) is 0.484. The molecule has 1 fully saturated rings. The van der Waals surface area contributed by atoms with Gasteiger partial charge in [-0.2, -0.15) is 4.31 Å². The summed E-state index contributed by atoms with van der Waals surface area (Å²) >= 11 is 0. The molecule has 0 unspecified atom stereocenters. The van der Waals surface area contributed by atoms with Crippen LogP contribution in [0.5, 0.6) is 0 Å². The fourth-order valence-electron chi connectivity index (χ4n) is 3.84. The van der Waals surface area contributed by atoms with Gasteiger partial charge in [-0.05, 0) is 56.2 Å². The molecule has 10 nitrogen and oxygen atoms in total. The Morgan fingerprint density at radius 2 is 1.79 bits per heavy atom. The standard InChI is InChI=1S/C23H25N3O7S/c1-2-32-22(28)16-5-7-17(8-6-16)24-21(27)11-14-26-19-10-9-18(15-20(19)33-23(26)29)34(30,31)25-12-3-4-13-25/h5-10,15H,2-4,11-14H2,1H3,(H,24,27). The summed E-state index contributed by atoms with van der Waals surface area (Å²) in [4.78, 5) is 36.5. The third-order valence-electron chi connectivity index (χ3n) is 5.58. The van der Waals surface area contributed by atoms with Crippen LogP contribution < -0.4 is 11.1 Å². The number of fused-ring (bicyclic) bond motifs is 1. The summed E-state index contributed by atoms with van der Waals surface area (Å²) in [6.07, 6.45) is 1.64. The topological polar surface area (TPSA) is 128 Å². The molecule has 0 bridgehead atoms. The number of anilines is 1. The van der Waals surface area contributed by atoms with Gasteiger partial charge in [-0.15, -0.1) is 0 Å². The zero-order valence-corrected chi connectivity index (χ0v) is 19.5. The van der Waals surface area contributed by atoms with Gasteiger partial charge in [0.05, 0.1) is 22.6 Å². The highest BCUT2D eigenvalue weighted by Crippen LogP contribution is 2.24. The molecule has 1 aliphatic heterocycles. The van der Waals surface area contributed by atoms with Crippen LogP contribution in [0.25, 0.3) is 11.1 Å². The number of nitrogens with zero attached hydrogens (tertiary/aromatic N) is 2. The second-order valence-corrected chi connectivity index (χ2v) is 9.79. The van der Waals surface area contributed by atoms with Crippen LogP contribution in [-0.4, -0.2) is 48.9 Å². The Balaban J connectivity index is 1.43. The molecule has 0 radical (unpaired) electrons. The summed E-state index contributed by atoms with van der Waals surface area (Å²) in [6, 6.07) is 10.6. The van der Waals surface area contributed by atoms with Gasteiger partial charge in [0.1, 0.15) is 0 Å². The van der Waals surface area contributed by atoms with Crippen LogP contribution in [0.1, 0.15) is 36.5 Å². The minimum absolute atomic E-state index is 0.0119. The van der Waals surface area contributed by atoms with E-state index >= 15 is 0 Å². The van der Waals surface area contributed by atoms with Crippen LogP contribution in [0.2, 0.25) is 0 Å². The zero-order chi connectivity index (χ0) is 24.3. The lowest BCUT2D eigenvalue weighted by molar-refractivity contribution is -0.116. The van der Waals surface area contributed by atoms with Gasteiger partial charge in [0.2, 0.25) is 15.9 Å². The highest BCUT2D eigenvalue weighted by Gasteiger charge is 2.28. The van der Waals surface area contributed by atoms with E-state index < -0.39 is 21.7 Å².